The minimum absolute atomic E-state index is 0.00755. The van der Waals surface area contributed by atoms with Crippen LogP contribution >= 0.6 is 0 Å². The van der Waals surface area contributed by atoms with E-state index in [1.807, 2.05) is 0 Å². The molecule has 0 fully saturated rings. The van der Waals surface area contributed by atoms with Crippen LogP contribution in [-0.2, 0) is 14.8 Å². The van der Waals surface area contributed by atoms with Gasteiger partial charge in [-0.15, -0.1) is 0 Å². The first-order valence-electron chi connectivity index (χ1n) is 7.79. The van der Waals surface area contributed by atoms with Crippen LogP contribution in [-0.4, -0.2) is 34.1 Å². The van der Waals surface area contributed by atoms with Gasteiger partial charge in [-0.1, -0.05) is 18.2 Å². The van der Waals surface area contributed by atoms with Gasteiger partial charge in [-0.3, -0.25) is 4.79 Å². The summed E-state index contributed by atoms with van der Waals surface area (Å²) in [5, 5.41) is 2.71. The Labute approximate surface area is 146 Å². The molecule has 2 aromatic carbocycles. The number of benzene rings is 2. The number of hydrogen-bond acceptors (Lipinski definition) is 5. The van der Waals surface area contributed by atoms with Crippen LogP contribution in [0, 0.1) is 0 Å². The summed E-state index contributed by atoms with van der Waals surface area (Å²) in [6.45, 7) is 0.972. The summed E-state index contributed by atoms with van der Waals surface area (Å²) in [6.07, 6.45) is 0.0144. The minimum atomic E-state index is -3.61. The summed E-state index contributed by atoms with van der Waals surface area (Å²) in [5.41, 5.74) is 0.570. The van der Waals surface area contributed by atoms with Gasteiger partial charge in [-0.25, -0.2) is 13.1 Å². The second-order valence-electron chi connectivity index (χ2n) is 5.37. The van der Waals surface area contributed by atoms with Crippen molar-refractivity contribution in [3.8, 4) is 11.5 Å². The molecular weight excluding hydrogens is 344 g/mol. The van der Waals surface area contributed by atoms with Gasteiger partial charge < -0.3 is 14.8 Å². The van der Waals surface area contributed by atoms with Gasteiger partial charge in [-0.2, -0.15) is 0 Å². The lowest BCUT2D eigenvalue weighted by Gasteiger charge is -2.19. The molecule has 0 unspecified atom stereocenters. The highest BCUT2D eigenvalue weighted by molar-refractivity contribution is 7.89. The van der Waals surface area contributed by atoms with E-state index in [0.29, 0.717) is 30.4 Å². The SMILES string of the molecule is O=C(CCNS(=O)(=O)c1ccccc1)Nc1ccc2c(c1)OCCO2. The Balaban J connectivity index is 1.52. The van der Waals surface area contributed by atoms with Crippen molar-refractivity contribution in [1.29, 1.82) is 0 Å². The van der Waals surface area contributed by atoms with Gasteiger partial charge >= 0.3 is 0 Å². The molecule has 0 saturated heterocycles. The number of sulfonamides is 1. The molecule has 0 spiro atoms. The van der Waals surface area contributed by atoms with Gasteiger partial charge in [0.05, 0.1) is 4.90 Å². The molecular formula is C17H18N2O5S. The van der Waals surface area contributed by atoms with Gasteiger partial charge in [0.25, 0.3) is 0 Å². The number of fused-ring (bicyclic) bond motifs is 1. The number of hydrogen-bond donors (Lipinski definition) is 2. The lowest BCUT2D eigenvalue weighted by molar-refractivity contribution is -0.116. The number of rotatable bonds is 6. The van der Waals surface area contributed by atoms with Gasteiger partial charge in [0.15, 0.2) is 11.5 Å². The molecule has 2 aromatic rings. The summed E-state index contributed by atoms with van der Waals surface area (Å²) in [5.74, 6) is 0.918. The van der Waals surface area contributed by atoms with Gasteiger partial charge in [0.2, 0.25) is 15.9 Å². The summed E-state index contributed by atoms with van der Waals surface area (Å²) < 4.78 is 37.4. The van der Waals surface area contributed by atoms with E-state index < -0.39 is 10.0 Å². The summed E-state index contributed by atoms with van der Waals surface area (Å²) in [7, 11) is -3.61. The monoisotopic (exact) mass is 362 g/mol. The molecule has 1 aliphatic rings. The molecule has 0 atom stereocenters. The van der Waals surface area contributed by atoms with Crippen molar-refractivity contribution in [2.24, 2.45) is 0 Å². The Hall–Kier alpha value is -2.58. The number of amides is 1. The maximum atomic E-state index is 12.1. The van der Waals surface area contributed by atoms with Crippen molar-refractivity contribution in [3.63, 3.8) is 0 Å². The number of anilines is 1. The lowest BCUT2D eigenvalue weighted by Crippen LogP contribution is -2.27. The van der Waals surface area contributed by atoms with E-state index in [1.54, 1.807) is 36.4 Å². The first-order valence-corrected chi connectivity index (χ1v) is 9.27. The maximum absolute atomic E-state index is 12.1. The van der Waals surface area contributed by atoms with Gasteiger partial charge in [0, 0.05) is 24.7 Å². The van der Waals surface area contributed by atoms with E-state index in [-0.39, 0.29) is 23.8 Å². The van der Waals surface area contributed by atoms with Crippen molar-refractivity contribution >= 4 is 21.6 Å². The second-order valence-corrected chi connectivity index (χ2v) is 7.13. The van der Waals surface area contributed by atoms with Crippen molar-refractivity contribution in [2.45, 2.75) is 11.3 Å². The smallest absolute Gasteiger partial charge is 0.240 e. The number of nitrogens with one attached hydrogen (secondary N) is 2. The molecule has 25 heavy (non-hydrogen) atoms. The van der Waals surface area contributed by atoms with Crippen molar-refractivity contribution in [2.75, 3.05) is 25.1 Å². The van der Waals surface area contributed by atoms with Gasteiger partial charge in [-0.05, 0) is 24.3 Å². The molecule has 8 heteroatoms. The molecule has 1 heterocycles. The zero-order chi connectivity index (χ0) is 17.7. The van der Waals surface area contributed by atoms with E-state index in [1.165, 1.54) is 12.1 Å². The minimum Gasteiger partial charge on any atom is -0.486 e. The average Bonchev–Trinajstić information content (AvgIpc) is 2.62. The van der Waals surface area contributed by atoms with E-state index in [9.17, 15) is 13.2 Å². The Morgan fingerprint density at radius 3 is 2.48 bits per heavy atom. The van der Waals surface area contributed by atoms with Crippen molar-refractivity contribution < 1.29 is 22.7 Å². The Kier molecular flexibility index (Phi) is 5.20. The third-order valence-corrected chi connectivity index (χ3v) is 5.00. The van der Waals surface area contributed by atoms with E-state index >= 15 is 0 Å². The number of carbonyl (C=O) groups excluding carboxylic acids is 1. The van der Waals surface area contributed by atoms with Crippen LogP contribution in [0.4, 0.5) is 5.69 Å². The molecule has 0 saturated carbocycles. The fourth-order valence-electron chi connectivity index (χ4n) is 2.33. The summed E-state index contributed by atoms with van der Waals surface area (Å²) in [4.78, 5) is 12.2. The fourth-order valence-corrected chi connectivity index (χ4v) is 3.38. The molecule has 0 aliphatic carbocycles. The molecule has 0 radical (unpaired) electrons. The zero-order valence-electron chi connectivity index (χ0n) is 13.4. The Bertz CT molecular complexity index is 853. The summed E-state index contributed by atoms with van der Waals surface area (Å²) >= 11 is 0. The molecule has 1 amide bonds. The van der Waals surface area contributed by atoms with Crippen LogP contribution in [0.25, 0.3) is 0 Å². The predicted molar refractivity (Wildman–Crippen MR) is 92.3 cm³/mol. The summed E-state index contributed by atoms with van der Waals surface area (Å²) in [6, 6.07) is 13.1. The van der Waals surface area contributed by atoms with Crippen LogP contribution in [0.2, 0.25) is 0 Å². The quantitative estimate of drug-likeness (QED) is 0.817. The largest absolute Gasteiger partial charge is 0.486 e. The molecule has 0 bridgehead atoms. The number of carbonyl (C=O) groups is 1. The van der Waals surface area contributed by atoms with Crippen LogP contribution < -0.4 is 19.5 Å². The highest BCUT2D eigenvalue weighted by Crippen LogP contribution is 2.32. The number of ether oxygens (including phenoxy) is 2. The Morgan fingerprint density at radius 2 is 1.72 bits per heavy atom. The standard InChI is InChI=1S/C17H18N2O5S/c20-17(8-9-18-25(21,22)14-4-2-1-3-5-14)19-13-6-7-15-16(12-13)24-11-10-23-15/h1-7,12,18H,8-11H2,(H,19,20). The molecule has 1 aliphatic heterocycles. The first-order chi connectivity index (χ1) is 12.0. The molecule has 0 aromatic heterocycles. The molecule has 132 valence electrons. The third kappa shape index (κ3) is 4.49. The zero-order valence-corrected chi connectivity index (χ0v) is 14.2. The topological polar surface area (TPSA) is 93.7 Å². The van der Waals surface area contributed by atoms with Crippen molar-refractivity contribution in [1.82, 2.24) is 4.72 Å². The van der Waals surface area contributed by atoms with E-state index in [2.05, 4.69) is 10.0 Å². The second kappa shape index (κ2) is 7.54. The van der Waals surface area contributed by atoms with Gasteiger partial charge in [0.1, 0.15) is 13.2 Å². The molecule has 2 N–H and O–H groups in total. The highest BCUT2D eigenvalue weighted by Gasteiger charge is 2.15. The van der Waals surface area contributed by atoms with Crippen LogP contribution in [0.5, 0.6) is 11.5 Å². The normalized spacial score (nSPS) is 13.3. The van der Waals surface area contributed by atoms with Crippen LogP contribution in [0.1, 0.15) is 6.42 Å². The van der Waals surface area contributed by atoms with E-state index in [4.69, 9.17) is 9.47 Å². The third-order valence-electron chi connectivity index (χ3n) is 3.52. The fraction of sp³-hybridized carbons (Fsp3) is 0.235. The van der Waals surface area contributed by atoms with Crippen LogP contribution in [0.3, 0.4) is 0 Å². The van der Waals surface area contributed by atoms with E-state index in [0.717, 1.165) is 0 Å². The lowest BCUT2D eigenvalue weighted by atomic mass is 10.2. The first kappa shape index (κ1) is 17.2. The molecule has 7 nitrogen and oxygen atoms in total. The van der Waals surface area contributed by atoms with Crippen LogP contribution in [0.15, 0.2) is 53.4 Å². The average molecular weight is 362 g/mol. The molecule has 3 rings (SSSR count). The maximum Gasteiger partial charge on any atom is 0.240 e. The Morgan fingerprint density at radius 1 is 1.00 bits per heavy atom. The predicted octanol–water partition coefficient (Wildman–Crippen LogP) is 1.76. The highest BCUT2D eigenvalue weighted by atomic mass is 32.2. The van der Waals surface area contributed by atoms with Crippen molar-refractivity contribution in [3.05, 3.63) is 48.5 Å².